The van der Waals surface area contributed by atoms with Crippen molar-refractivity contribution in [2.75, 3.05) is 13.1 Å². The number of sulfonamides is 1. The van der Waals surface area contributed by atoms with Gasteiger partial charge in [-0.25, -0.2) is 13.1 Å². The van der Waals surface area contributed by atoms with Gasteiger partial charge in [0.1, 0.15) is 0 Å². The molecule has 1 aromatic heterocycles. The Morgan fingerprint density at radius 3 is 2.52 bits per heavy atom. The molecule has 0 bridgehead atoms. The highest BCUT2D eigenvalue weighted by Crippen LogP contribution is 2.26. The zero-order valence-electron chi connectivity index (χ0n) is 13.6. The molecule has 8 heteroatoms. The standard InChI is InChI=1S/C15H26N4O3S/c1-18-15(6-9-16-18)23(21,22)17-12-7-10-19(11-8-12)13-4-2-3-5-14(13)20/h6,9,12-14,17,20H,2-5,7-8,10-11H2,1H3/t13-,14-/m1/s1. The average molecular weight is 342 g/mol. The normalized spacial score (nSPS) is 28.1. The summed E-state index contributed by atoms with van der Waals surface area (Å²) in [5.41, 5.74) is 0. The zero-order chi connectivity index (χ0) is 16.4. The molecule has 0 unspecified atom stereocenters. The highest BCUT2D eigenvalue weighted by Gasteiger charge is 2.33. The van der Waals surface area contributed by atoms with E-state index in [1.54, 1.807) is 7.05 Å². The molecular formula is C15H26N4O3S. The molecule has 0 amide bonds. The van der Waals surface area contributed by atoms with Crippen LogP contribution in [0.5, 0.6) is 0 Å². The van der Waals surface area contributed by atoms with Crippen molar-refractivity contribution in [1.29, 1.82) is 0 Å². The predicted octanol–water partition coefficient (Wildman–Crippen LogP) is 0.466. The van der Waals surface area contributed by atoms with E-state index in [-0.39, 0.29) is 23.2 Å². The Morgan fingerprint density at radius 2 is 1.91 bits per heavy atom. The van der Waals surface area contributed by atoms with Crippen molar-refractivity contribution in [3.63, 3.8) is 0 Å². The second kappa shape index (κ2) is 6.88. The smallest absolute Gasteiger partial charge is 0.257 e. The number of piperidine rings is 1. The molecule has 1 saturated heterocycles. The lowest BCUT2D eigenvalue weighted by Crippen LogP contribution is -2.52. The van der Waals surface area contributed by atoms with Crippen LogP contribution in [-0.2, 0) is 17.1 Å². The van der Waals surface area contributed by atoms with E-state index in [0.717, 1.165) is 45.2 Å². The van der Waals surface area contributed by atoms with Crippen LogP contribution in [0.3, 0.4) is 0 Å². The van der Waals surface area contributed by atoms with E-state index in [1.807, 2.05) is 0 Å². The lowest BCUT2D eigenvalue weighted by atomic mass is 9.90. The molecule has 2 fully saturated rings. The first kappa shape index (κ1) is 16.9. The van der Waals surface area contributed by atoms with Crippen LogP contribution in [0, 0.1) is 0 Å². The quantitative estimate of drug-likeness (QED) is 0.830. The van der Waals surface area contributed by atoms with Gasteiger partial charge < -0.3 is 5.11 Å². The predicted molar refractivity (Wildman–Crippen MR) is 86.4 cm³/mol. The van der Waals surface area contributed by atoms with Gasteiger partial charge in [0.25, 0.3) is 10.0 Å². The van der Waals surface area contributed by atoms with Gasteiger partial charge in [-0.05, 0) is 31.7 Å². The van der Waals surface area contributed by atoms with Crippen LogP contribution >= 0.6 is 0 Å². The third-order valence-corrected chi connectivity index (χ3v) is 6.66. The fourth-order valence-electron chi connectivity index (χ4n) is 3.77. The van der Waals surface area contributed by atoms with Crippen LogP contribution in [0.15, 0.2) is 17.3 Å². The van der Waals surface area contributed by atoms with Gasteiger partial charge in [-0.1, -0.05) is 12.8 Å². The van der Waals surface area contributed by atoms with Crippen LogP contribution in [0.1, 0.15) is 38.5 Å². The van der Waals surface area contributed by atoms with Gasteiger partial charge in [0.05, 0.1) is 12.3 Å². The minimum Gasteiger partial charge on any atom is -0.391 e. The zero-order valence-corrected chi connectivity index (χ0v) is 14.4. The van der Waals surface area contributed by atoms with Crippen LogP contribution in [0.2, 0.25) is 0 Å². The minimum absolute atomic E-state index is 0.0492. The van der Waals surface area contributed by atoms with E-state index in [2.05, 4.69) is 14.7 Å². The number of aliphatic hydroxyl groups excluding tert-OH is 1. The van der Waals surface area contributed by atoms with Crippen molar-refractivity contribution < 1.29 is 13.5 Å². The maximum absolute atomic E-state index is 12.4. The van der Waals surface area contributed by atoms with Gasteiger partial charge in [0.2, 0.25) is 0 Å². The molecule has 2 atom stereocenters. The summed E-state index contributed by atoms with van der Waals surface area (Å²) in [6, 6.07) is 1.71. The van der Waals surface area contributed by atoms with Crippen molar-refractivity contribution in [3.8, 4) is 0 Å². The molecule has 2 N–H and O–H groups in total. The molecule has 130 valence electrons. The van der Waals surface area contributed by atoms with Crippen LogP contribution in [0.25, 0.3) is 0 Å². The average Bonchev–Trinajstić information content (AvgIpc) is 2.96. The molecule has 23 heavy (non-hydrogen) atoms. The fraction of sp³-hybridized carbons (Fsp3) is 0.800. The van der Waals surface area contributed by atoms with Gasteiger partial charge in [0.15, 0.2) is 5.03 Å². The number of hydrogen-bond donors (Lipinski definition) is 2. The van der Waals surface area contributed by atoms with Crippen molar-refractivity contribution in [2.24, 2.45) is 7.05 Å². The van der Waals surface area contributed by atoms with Crippen LogP contribution in [0.4, 0.5) is 0 Å². The van der Waals surface area contributed by atoms with E-state index in [9.17, 15) is 13.5 Å². The summed E-state index contributed by atoms with van der Waals surface area (Å²) in [6.45, 7) is 1.67. The Morgan fingerprint density at radius 1 is 1.22 bits per heavy atom. The van der Waals surface area contributed by atoms with E-state index in [1.165, 1.54) is 23.4 Å². The Labute approximate surface area is 137 Å². The molecule has 1 aliphatic heterocycles. The number of rotatable bonds is 4. The number of hydrogen-bond acceptors (Lipinski definition) is 5. The SMILES string of the molecule is Cn1nccc1S(=O)(=O)NC1CCN([C@@H]2CCCC[C@H]2O)CC1. The number of nitrogens with zero attached hydrogens (tertiary/aromatic N) is 3. The summed E-state index contributed by atoms with van der Waals surface area (Å²) < 4.78 is 29.0. The second-order valence-electron chi connectivity index (χ2n) is 6.64. The minimum atomic E-state index is -3.52. The third kappa shape index (κ3) is 3.76. The first-order valence-electron chi connectivity index (χ1n) is 8.40. The second-order valence-corrected chi connectivity index (χ2v) is 8.30. The lowest BCUT2D eigenvalue weighted by molar-refractivity contribution is 0.00830. The molecule has 1 aromatic rings. The molecular weight excluding hydrogens is 316 g/mol. The summed E-state index contributed by atoms with van der Waals surface area (Å²) in [4.78, 5) is 2.33. The Kier molecular flexibility index (Phi) is 5.05. The number of aromatic nitrogens is 2. The molecule has 7 nitrogen and oxygen atoms in total. The number of aliphatic hydroxyl groups is 1. The first-order valence-corrected chi connectivity index (χ1v) is 9.88. The number of aryl methyl sites for hydroxylation is 1. The van der Waals surface area contributed by atoms with E-state index in [4.69, 9.17) is 0 Å². The lowest BCUT2D eigenvalue weighted by Gasteiger charge is -2.41. The van der Waals surface area contributed by atoms with Gasteiger partial charge in [-0.2, -0.15) is 5.10 Å². The van der Waals surface area contributed by atoms with Crippen LogP contribution in [-0.4, -0.2) is 59.5 Å². The van der Waals surface area contributed by atoms with Gasteiger partial charge in [0, 0.05) is 32.2 Å². The Bertz CT molecular complexity index is 622. The Hall–Kier alpha value is -0.960. The van der Waals surface area contributed by atoms with E-state index < -0.39 is 10.0 Å². The maximum atomic E-state index is 12.4. The summed E-state index contributed by atoms with van der Waals surface area (Å²) in [7, 11) is -1.89. The molecule has 0 aromatic carbocycles. The topological polar surface area (TPSA) is 87.5 Å². The fourth-order valence-corrected chi connectivity index (χ4v) is 5.20. The van der Waals surface area contributed by atoms with E-state index >= 15 is 0 Å². The number of likely N-dealkylation sites (tertiary alicyclic amines) is 1. The monoisotopic (exact) mass is 342 g/mol. The summed E-state index contributed by atoms with van der Waals surface area (Å²) >= 11 is 0. The first-order chi connectivity index (χ1) is 11.0. The third-order valence-electron chi connectivity index (χ3n) is 5.07. The molecule has 1 aliphatic carbocycles. The summed E-state index contributed by atoms with van der Waals surface area (Å²) in [6.07, 6.45) is 7.03. The number of nitrogens with one attached hydrogen (secondary N) is 1. The largest absolute Gasteiger partial charge is 0.391 e. The summed E-state index contributed by atoms with van der Waals surface area (Å²) in [5, 5.41) is 14.3. The molecule has 2 aliphatic rings. The van der Waals surface area contributed by atoms with E-state index in [0.29, 0.717) is 0 Å². The molecule has 2 heterocycles. The van der Waals surface area contributed by atoms with Crippen molar-refractivity contribution in [3.05, 3.63) is 12.3 Å². The van der Waals surface area contributed by atoms with Crippen molar-refractivity contribution in [1.82, 2.24) is 19.4 Å². The molecule has 0 spiro atoms. The van der Waals surface area contributed by atoms with Crippen LogP contribution < -0.4 is 4.72 Å². The maximum Gasteiger partial charge on any atom is 0.257 e. The highest BCUT2D eigenvalue weighted by molar-refractivity contribution is 7.89. The molecule has 0 radical (unpaired) electrons. The molecule has 3 rings (SSSR count). The van der Waals surface area contributed by atoms with Gasteiger partial charge >= 0.3 is 0 Å². The van der Waals surface area contributed by atoms with Crippen molar-refractivity contribution >= 4 is 10.0 Å². The molecule has 1 saturated carbocycles. The van der Waals surface area contributed by atoms with Gasteiger partial charge in [-0.15, -0.1) is 0 Å². The highest BCUT2D eigenvalue weighted by atomic mass is 32.2. The van der Waals surface area contributed by atoms with Gasteiger partial charge in [-0.3, -0.25) is 9.58 Å². The summed E-state index contributed by atoms with van der Waals surface area (Å²) in [5.74, 6) is 0. The van der Waals surface area contributed by atoms with Crippen molar-refractivity contribution in [2.45, 2.75) is 61.7 Å². The Balaban J connectivity index is 1.56.